The van der Waals surface area contributed by atoms with Crippen LogP contribution in [0.4, 0.5) is 17.6 Å². The second-order valence-corrected chi connectivity index (χ2v) is 4.89. The van der Waals surface area contributed by atoms with E-state index in [0.717, 1.165) is 12.1 Å². The Labute approximate surface area is 121 Å². The highest BCUT2D eigenvalue weighted by molar-refractivity contribution is 9.09. The van der Waals surface area contributed by atoms with Gasteiger partial charge in [-0.25, -0.2) is 8.78 Å². The fourth-order valence-corrected chi connectivity index (χ4v) is 2.38. The zero-order chi connectivity index (χ0) is 14.7. The number of alkyl halides is 3. The van der Waals surface area contributed by atoms with Crippen molar-refractivity contribution < 1.29 is 22.3 Å². The molecule has 2 aromatic carbocycles. The van der Waals surface area contributed by atoms with Crippen LogP contribution in [-0.2, 0) is 0 Å². The molecule has 0 saturated heterocycles. The maximum atomic E-state index is 13.6. The van der Waals surface area contributed by atoms with Crippen LogP contribution < -0.4 is 4.74 Å². The molecule has 1 atom stereocenters. The summed E-state index contributed by atoms with van der Waals surface area (Å²) >= 11 is 3.29. The van der Waals surface area contributed by atoms with Gasteiger partial charge < -0.3 is 4.74 Å². The van der Waals surface area contributed by atoms with Gasteiger partial charge in [0, 0.05) is 11.6 Å². The van der Waals surface area contributed by atoms with Crippen molar-refractivity contribution in [3.63, 3.8) is 0 Å². The number of benzene rings is 2. The van der Waals surface area contributed by atoms with Crippen LogP contribution in [0.5, 0.6) is 5.75 Å². The average Bonchev–Trinajstić information content (AvgIpc) is 2.38. The van der Waals surface area contributed by atoms with Crippen molar-refractivity contribution in [2.75, 3.05) is 0 Å². The van der Waals surface area contributed by atoms with Crippen molar-refractivity contribution in [1.82, 2.24) is 0 Å². The van der Waals surface area contributed by atoms with E-state index in [1.807, 2.05) is 0 Å². The third-order valence-electron chi connectivity index (χ3n) is 2.63. The van der Waals surface area contributed by atoms with Crippen molar-refractivity contribution in [2.24, 2.45) is 0 Å². The summed E-state index contributed by atoms with van der Waals surface area (Å²) in [6, 6.07) is 9.04. The average molecular weight is 349 g/mol. The van der Waals surface area contributed by atoms with Gasteiger partial charge in [0.05, 0.1) is 4.83 Å². The molecule has 0 amide bonds. The molecule has 0 heterocycles. The van der Waals surface area contributed by atoms with E-state index in [4.69, 9.17) is 0 Å². The van der Waals surface area contributed by atoms with Gasteiger partial charge in [0.25, 0.3) is 0 Å². The fraction of sp³-hybridized carbons (Fsp3) is 0.143. The van der Waals surface area contributed by atoms with Crippen molar-refractivity contribution in [2.45, 2.75) is 11.4 Å². The molecule has 2 rings (SSSR count). The van der Waals surface area contributed by atoms with Crippen LogP contribution in [0.1, 0.15) is 16.0 Å². The SMILES string of the molecule is Fc1ccc(C(Br)c2ccc(OC(F)F)cc2)c(F)c1. The smallest absolute Gasteiger partial charge is 0.387 e. The molecule has 0 aromatic heterocycles. The van der Waals surface area contributed by atoms with E-state index in [-0.39, 0.29) is 11.3 Å². The normalized spacial score (nSPS) is 12.5. The van der Waals surface area contributed by atoms with E-state index >= 15 is 0 Å². The Bertz CT molecular complexity index is 586. The standard InChI is InChI=1S/C14H9BrF4O/c15-13(11-6-3-9(16)7-12(11)17)8-1-4-10(5-2-8)20-14(18)19/h1-7,13-14H. The molecule has 0 aliphatic rings. The predicted octanol–water partition coefficient (Wildman–Crippen LogP) is 5.05. The molecular formula is C14H9BrF4O. The summed E-state index contributed by atoms with van der Waals surface area (Å²) < 4.78 is 54.7. The van der Waals surface area contributed by atoms with Crippen molar-refractivity contribution in [3.05, 3.63) is 65.2 Å². The van der Waals surface area contributed by atoms with Crippen LogP contribution in [0.2, 0.25) is 0 Å². The summed E-state index contributed by atoms with van der Waals surface area (Å²) in [7, 11) is 0. The lowest BCUT2D eigenvalue weighted by atomic mass is 10.0. The van der Waals surface area contributed by atoms with E-state index in [1.165, 1.54) is 30.3 Å². The summed E-state index contributed by atoms with van der Waals surface area (Å²) in [5.41, 5.74) is 0.894. The number of hydrogen-bond donors (Lipinski definition) is 0. The van der Waals surface area contributed by atoms with E-state index in [0.29, 0.717) is 5.56 Å². The summed E-state index contributed by atoms with van der Waals surface area (Å²) in [4.78, 5) is -0.510. The molecule has 1 nitrogen and oxygen atoms in total. The molecule has 0 bridgehead atoms. The number of hydrogen-bond acceptors (Lipinski definition) is 1. The zero-order valence-corrected chi connectivity index (χ0v) is 11.6. The van der Waals surface area contributed by atoms with E-state index in [1.54, 1.807) is 0 Å². The first-order chi connectivity index (χ1) is 9.47. The molecule has 20 heavy (non-hydrogen) atoms. The largest absolute Gasteiger partial charge is 0.435 e. The lowest BCUT2D eigenvalue weighted by molar-refractivity contribution is -0.0498. The van der Waals surface area contributed by atoms with Crippen LogP contribution in [0, 0.1) is 11.6 Å². The summed E-state index contributed by atoms with van der Waals surface area (Å²) in [6.45, 7) is -2.89. The summed E-state index contributed by atoms with van der Waals surface area (Å²) in [5.74, 6) is -1.32. The Morgan fingerprint density at radius 1 is 0.950 bits per heavy atom. The van der Waals surface area contributed by atoms with Gasteiger partial charge >= 0.3 is 6.61 Å². The van der Waals surface area contributed by atoms with Gasteiger partial charge in [0.1, 0.15) is 17.4 Å². The molecule has 0 aliphatic carbocycles. The Kier molecular flexibility index (Phi) is 4.65. The lowest BCUT2D eigenvalue weighted by Crippen LogP contribution is -2.02. The van der Waals surface area contributed by atoms with Gasteiger partial charge in [-0.1, -0.05) is 34.1 Å². The maximum Gasteiger partial charge on any atom is 0.387 e. The highest BCUT2D eigenvalue weighted by Gasteiger charge is 2.15. The minimum Gasteiger partial charge on any atom is -0.435 e. The van der Waals surface area contributed by atoms with Crippen molar-refractivity contribution in [1.29, 1.82) is 0 Å². The minimum atomic E-state index is -2.89. The van der Waals surface area contributed by atoms with Crippen LogP contribution in [0.3, 0.4) is 0 Å². The number of ether oxygens (including phenoxy) is 1. The molecule has 0 fully saturated rings. The van der Waals surface area contributed by atoms with E-state index < -0.39 is 23.1 Å². The highest BCUT2D eigenvalue weighted by Crippen LogP contribution is 2.33. The predicted molar refractivity (Wildman–Crippen MR) is 70.2 cm³/mol. The first-order valence-corrected chi connectivity index (χ1v) is 6.52. The third kappa shape index (κ3) is 3.50. The van der Waals surface area contributed by atoms with Crippen LogP contribution in [0.15, 0.2) is 42.5 Å². The minimum absolute atomic E-state index is 0.0167. The van der Waals surface area contributed by atoms with Gasteiger partial charge in [0.2, 0.25) is 0 Å². The topological polar surface area (TPSA) is 9.23 Å². The second-order valence-electron chi connectivity index (χ2n) is 3.98. The van der Waals surface area contributed by atoms with Crippen LogP contribution >= 0.6 is 15.9 Å². The molecule has 1 unspecified atom stereocenters. The molecular weight excluding hydrogens is 340 g/mol. The van der Waals surface area contributed by atoms with Gasteiger partial charge in [-0.3, -0.25) is 0 Å². The molecule has 0 spiro atoms. The van der Waals surface area contributed by atoms with Crippen LogP contribution in [-0.4, -0.2) is 6.61 Å². The Morgan fingerprint density at radius 3 is 2.15 bits per heavy atom. The first kappa shape index (κ1) is 14.8. The third-order valence-corrected chi connectivity index (χ3v) is 3.66. The Hall–Kier alpha value is -1.56. The molecule has 2 aromatic rings. The monoisotopic (exact) mass is 348 g/mol. The van der Waals surface area contributed by atoms with Gasteiger partial charge in [-0.15, -0.1) is 0 Å². The Morgan fingerprint density at radius 2 is 1.60 bits per heavy atom. The molecule has 0 N–H and O–H groups in total. The highest BCUT2D eigenvalue weighted by atomic mass is 79.9. The number of halogens is 5. The second kappa shape index (κ2) is 6.26. The molecule has 106 valence electrons. The van der Waals surface area contributed by atoms with Gasteiger partial charge in [-0.05, 0) is 23.8 Å². The molecule has 0 aliphatic heterocycles. The van der Waals surface area contributed by atoms with Crippen molar-refractivity contribution in [3.8, 4) is 5.75 Å². The van der Waals surface area contributed by atoms with Gasteiger partial charge in [-0.2, -0.15) is 8.78 Å². The summed E-state index contributed by atoms with van der Waals surface area (Å²) in [6.07, 6.45) is 0. The fourth-order valence-electron chi connectivity index (χ4n) is 1.70. The van der Waals surface area contributed by atoms with Crippen LogP contribution in [0.25, 0.3) is 0 Å². The first-order valence-electron chi connectivity index (χ1n) is 5.61. The van der Waals surface area contributed by atoms with Crippen molar-refractivity contribution >= 4 is 15.9 Å². The zero-order valence-electron chi connectivity index (χ0n) is 9.99. The van der Waals surface area contributed by atoms with Gasteiger partial charge in [0.15, 0.2) is 0 Å². The van der Waals surface area contributed by atoms with E-state index in [9.17, 15) is 17.6 Å². The molecule has 0 radical (unpaired) electrons. The Balaban J connectivity index is 2.22. The molecule has 6 heteroatoms. The lowest BCUT2D eigenvalue weighted by Gasteiger charge is -2.12. The maximum absolute atomic E-state index is 13.6. The van der Waals surface area contributed by atoms with E-state index in [2.05, 4.69) is 20.7 Å². The molecule has 0 saturated carbocycles. The number of rotatable bonds is 4. The summed E-state index contributed by atoms with van der Waals surface area (Å²) in [5, 5.41) is 0. The quantitative estimate of drug-likeness (QED) is 0.554.